The molecule has 0 aromatic carbocycles. The van der Waals surface area contributed by atoms with Gasteiger partial charge < -0.3 is 10.5 Å². The highest BCUT2D eigenvalue weighted by Crippen LogP contribution is 2.24. The second-order valence-electron chi connectivity index (χ2n) is 5.36. The minimum atomic E-state index is -0.0792. The molecule has 0 spiro atoms. The van der Waals surface area contributed by atoms with Crippen LogP contribution in [0.2, 0.25) is 0 Å². The molecular weight excluding hydrogens is 226 g/mol. The van der Waals surface area contributed by atoms with Crippen LogP contribution in [0.3, 0.4) is 0 Å². The minimum absolute atomic E-state index is 0.0792. The third kappa shape index (κ3) is 4.26. The van der Waals surface area contributed by atoms with E-state index in [1.165, 1.54) is 0 Å². The van der Waals surface area contributed by atoms with Gasteiger partial charge in [-0.2, -0.15) is 0 Å². The van der Waals surface area contributed by atoms with Crippen molar-refractivity contribution in [2.75, 3.05) is 12.3 Å². The molecule has 0 aliphatic rings. The lowest BCUT2D eigenvalue weighted by atomic mass is 10.1. The molecule has 0 bridgehead atoms. The van der Waals surface area contributed by atoms with Crippen LogP contribution in [0.1, 0.15) is 52.2 Å². The Balaban J connectivity index is 3.02. The van der Waals surface area contributed by atoms with Crippen molar-refractivity contribution in [2.45, 2.75) is 47.1 Å². The first-order chi connectivity index (χ1) is 8.43. The summed E-state index contributed by atoms with van der Waals surface area (Å²) in [6.45, 7) is 11.2. The lowest BCUT2D eigenvalue weighted by Crippen LogP contribution is -2.17. The first kappa shape index (κ1) is 14.9. The topological polar surface area (TPSA) is 61.0 Å². The maximum absolute atomic E-state index is 5.86. The van der Waals surface area contributed by atoms with E-state index in [4.69, 9.17) is 10.5 Å². The van der Waals surface area contributed by atoms with Crippen LogP contribution in [-0.2, 0) is 11.2 Å². The average molecular weight is 251 g/mol. The summed E-state index contributed by atoms with van der Waals surface area (Å²) in [4.78, 5) is 8.92. The van der Waals surface area contributed by atoms with Crippen LogP contribution in [0.4, 0.5) is 5.82 Å². The van der Waals surface area contributed by atoms with E-state index in [0.29, 0.717) is 30.1 Å². The van der Waals surface area contributed by atoms with Gasteiger partial charge in [0.2, 0.25) is 0 Å². The number of hydrogen-bond donors (Lipinski definition) is 1. The minimum Gasteiger partial charge on any atom is -0.384 e. The summed E-state index contributed by atoms with van der Waals surface area (Å²) in [6.07, 6.45) is 0.834. The quantitative estimate of drug-likeness (QED) is 0.844. The van der Waals surface area contributed by atoms with Crippen molar-refractivity contribution in [3.05, 3.63) is 17.6 Å². The number of hydrogen-bond acceptors (Lipinski definition) is 4. The molecule has 0 aliphatic heterocycles. The van der Waals surface area contributed by atoms with Gasteiger partial charge >= 0.3 is 0 Å². The van der Waals surface area contributed by atoms with E-state index in [9.17, 15) is 0 Å². The van der Waals surface area contributed by atoms with Gasteiger partial charge in [0, 0.05) is 18.4 Å². The van der Waals surface area contributed by atoms with E-state index in [1.807, 2.05) is 13.0 Å². The first-order valence-electron chi connectivity index (χ1n) is 6.69. The van der Waals surface area contributed by atoms with E-state index < -0.39 is 0 Å². The third-order valence-electron chi connectivity index (χ3n) is 2.64. The van der Waals surface area contributed by atoms with Crippen LogP contribution < -0.4 is 5.73 Å². The predicted octanol–water partition coefficient (Wildman–Crippen LogP) is 2.99. The highest BCUT2D eigenvalue weighted by Gasteiger charge is 2.20. The van der Waals surface area contributed by atoms with Crippen LogP contribution in [0.15, 0.2) is 6.07 Å². The molecule has 1 rings (SSSR count). The van der Waals surface area contributed by atoms with Crippen LogP contribution >= 0.6 is 0 Å². The molecule has 1 heterocycles. The van der Waals surface area contributed by atoms with Gasteiger partial charge in [-0.1, -0.05) is 27.7 Å². The average Bonchev–Trinajstić information content (AvgIpc) is 2.23. The SMILES string of the molecule is CCOC(c1nc(N)cc(CC(C)C)n1)C(C)C. The Morgan fingerprint density at radius 3 is 2.39 bits per heavy atom. The maximum atomic E-state index is 5.86. The summed E-state index contributed by atoms with van der Waals surface area (Å²) in [6, 6.07) is 1.85. The molecular formula is C14H25N3O. The molecule has 0 saturated carbocycles. The summed E-state index contributed by atoms with van der Waals surface area (Å²) >= 11 is 0. The number of nitrogens with zero attached hydrogens (tertiary/aromatic N) is 2. The second-order valence-corrected chi connectivity index (χ2v) is 5.36. The third-order valence-corrected chi connectivity index (χ3v) is 2.64. The van der Waals surface area contributed by atoms with Crippen LogP contribution in [0.5, 0.6) is 0 Å². The molecule has 1 aromatic heterocycles. The van der Waals surface area contributed by atoms with E-state index in [0.717, 1.165) is 12.1 Å². The molecule has 0 aliphatic carbocycles. The summed E-state index contributed by atoms with van der Waals surface area (Å²) in [5, 5.41) is 0. The molecule has 1 unspecified atom stereocenters. The molecule has 1 atom stereocenters. The van der Waals surface area contributed by atoms with Crippen molar-refractivity contribution in [1.82, 2.24) is 9.97 Å². The molecule has 1 aromatic rings. The van der Waals surface area contributed by atoms with Gasteiger partial charge in [0.25, 0.3) is 0 Å². The fraction of sp³-hybridized carbons (Fsp3) is 0.714. The van der Waals surface area contributed by atoms with Crippen molar-refractivity contribution < 1.29 is 4.74 Å². The Morgan fingerprint density at radius 1 is 1.22 bits per heavy atom. The summed E-state index contributed by atoms with van der Waals surface area (Å²) in [5.41, 5.74) is 6.86. The number of nitrogen functional groups attached to an aromatic ring is 1. The number of ether oxygens (including phenoxy) is 1. The highest BCUT2D eigenvalue weighted by molar-refractivity contribution is 5.30. The fourth-order valence-corrected chi connectivity index (χ4v) is 1.93. The highest BCUT2D eigenvalue weighted by atomic mass is 16.5. The van der Waals surface area contributed by atoms with Gasteiger partial charge in [-0.15, -0.1) is 0 Å². The zero-order chi connectivity index (χ0) is 13.7. The van der Waals surface area contributed by atoms with E-state index in [2.05, 4.69) is 37.7 Å². The van der Waals surface area contributed by atoms with Crippen molar-refractivity contribution in [3.63, 3.8) is 0 Å². The first-order valence-corrected chi connectivity index (χ1v) is 6.69. The lowest BCUT2D eigenvalue weighted by molar-refractivity contribution is 0.0231. The summed E-state index contributed by atoms with van der Waals surface area (Å²) < 4.78 is 5.72. The molecule has 0 radical (unpaired) electrons. The molecule has 4 heteroatoms. The number of anilines is 1. The van der Waals surface area contributed by atoms with Gasteiger partial charge in [0.15, 0.2) is 5.82 Å². The molecule has 2 N–H and O–H groups in total. The van der Waals surface area contributed by atoms with Gasteiger partial charge in [0.1, 0.15) is 11.9 Å². The molecule has 0 saturated heterocycles. The molecule has 0 amide bonds. The van der Waals surface area contributed by atoms with Crippen molar-refractivity contribution >= 4 is 5.82 Å². The zero-order valence-corrected chi connectivity index (χ0v) is 12.1. The Bertz CT molecular complexity index is 377. The van der Waals surface area contributed by atoms with E-state index in [-0.39, 0.29) is 6.10 Å². The summed E-state index contributed by atoms with van der Waals surface area (Å²) in [5.74, 6) is 2.12. The fourth-order valence-electron chi connectivity index (χ4n) is 1.93. The molecule has 4 nitrogen and oxygen atoms in total. The molecule has 18 heavy (non-hydrogen) atoms. The van der Waals surface area contributed by atoms with E-state index in [1.54, 1.807) is 0 Å². The van der Waals surface area contributed by atoms with Gasteiger partial charge in [-0.3, -0.25) is 0 Å². The van der Waals surface area contributed by atoms with Crippen LogP contribution in [-0.4, -0.2) is 16.6 Å². The van der Waals surface area contributed by atoms with E-state index >= 15 is 0 Å². The smallest absolute Gasteiger partial charge is 0.159 e. The number of rotatable bonds is 6. The van der Waals surface area contributed by atoms with Crippen molar-refractivity contribution in [3.8, 4) is 0 Å². The number of nitrogens with two attached hydrogens (primary N) is 1. The van der Waals surface area contributed by atoms with Crippen molar-refractivity contribution in [2.24, 2.45) is 11.8 Å². The molecule has 0 fully saturated rings. The predicted molar refractivity (Wildman–Crippen MR) is 74.2 cm³/mol. The monoisotopic (exact) mass is 251 g/mol. The van der Waals surface area contributed by atoms with Gasteiger partial charge in [0.05, 0.1) is 0 Å². The Kier molecular flexibility index (Phi) is 5.54. The largest absolute Gasteiger partial charge is 0.384 e. The Labute approximate surface area is 110 Å². The number of aromatic nitrogens is 2. The zero-order valence-electron chi connectivity index (χ0n) is 12.1. The maximum Gasteiger partial charge on any atom is 0.159 e. The summed E-state index contributed by atoms with van der Waals surface area (Å²) in [7, 11) is 0. The standard InChI is InChI=1S/C14H25N3O/c1-6-18-13(10(4)5)14-16-11(7-9(2)3)8-12(15)17-14/h8-10,13H,6-7H2,1-5H3,(H2,15,16,17). The van der Waals surface area contributed by atoms with Crippen LogP contribution in [0, 0.1) is 11.8 Å². The molecule has 102 valence electrons. The van der Waals surface area contributed by atoms with Crippen LogP contribution in [0.25, 0.3) is 0 Å². The van der Waals surface area contributed by atoms with Gasteiger partial charge in [-0.25, -0.2) is 9.97 Å². The van der Waals surface area contributed by atoms with Gasteiger partial charge in [-0.05, 0) is 25.2 Å². The lowest BCUT2D eigenvalue weighted by Gasteiger charge is -2.20. The Hall–Kier alpha value is -1.16. The normalized spacial score (nSPS) is 13.3. The Morgan fingerprint density at radius 2 is 1.89 bits per heavy atom. The second kappa shape index (κ2) is 6.69. The van der Waals surface area contributed by atoms with Crippen molar-refractivity contribution in [1.29, 1.82) is 0 Å².